The summed E-state index contributed by atoms with van der Waals surface area (Å²) in [6.07, 6.45) is 1.66. The zero-order chi connectivity index (χ0) is 18.7. The molecule has 0 aliphatic rings. The minimum atomic E-state index is -0.367. The third kappa shape index (κ3) is 3.94. The van der Waals surface area contributed by atoms with Gasteiger partial charge in [0.1, 0.15) is 0 Å². The Labute approximate surface area is 154 Å². The molecule has 1 aromatic carbocycles. The molecule has 2 aromatic heterocycles. The molecule has 0 saturated carbocycles. The number of aromatic amines is 1. The standard InChI is InChI=1S/C17H18N6O2S/c1-9-4-5-12(6-10(9)2)15(25)18-8-14(24)20-17-23-22-16(26-17)13-7-19-21-11(13)3/h4-7H,8H2,1-3H3,(H,18,25)(H,19,21)(H,20,23,24). The van der Waals surface area contributed by atoms with Gasteiger partial charge in [0.15, 0.2) is 5.01 Å². The molecular formula is C17H18N6O2S. The first-order valence-corrected chi connectivity index (χ1v) is 8.75. The highest BCUT2D eigenvalue weighted by atomic mass is 32.1. The van der Waals surface area contributed by atoms with Crippen molar-refractivity contribution in [3.05, 3.63) is 46.8 Å². The second kappa shape index (κ2) is 7.44. The highest BCUT2D eigenvalue weighted by molar-refractivity contribution is 7.18. The summed E-state index contributed by atoms with van der Waals surface area (Å²) in [5, 5.41) is 21.0. The molecule has 0 bridgehead atoms. The van der Waals surface area contributed by atoms with Crippen molar-refractivity contribution in [1.82, 2.24) is 25.7 Å². The Balaban J connectivity index is 1.56. The average molecular weight is 370 g/mol. The van der Waals surface area contributed by atoms with Crippen molar-refractivity contribution >= 4 is 28.3 Å². The van der Waals surface area contributed by atoms with Gasteiger partial charge in [0, 0.05) is 11.3 Å². The van der Waals surface area contributed by atoms with Crippen LogP contribution in [0, 0.1) is 20.8 Å². The second-order valence-corrected chi connectivity index (χ2v) is 6.83. The Morgan fingerprint density at radius 3 is 2.65 bits per heavy atom. The van der Waals surface area contributed by atoms with Gasteiger partial charge in [0.05, 0.1) is 18.3 Å². The molecule has 8 nitrogen and oxygen atoms in total. The van der Waals surface area contributed by atoms with E-state index in [1.54, 1.807) is 18.3 Å². The first kappa shape index (κ1) is 17.7. The van der Waals surface area contributed by atoms with Crippen molar-refractivity contribution in [2.75, 3.05) is 11.9 Å². The first-order chi connectivity index (χ1) is 12.4. The monoisotopic (exact) mass is 370 g/mol. The molecule has 0 radical (unpaired) electrons. The minimum absolute atomic E-state index is 0.147. The fraction of sp³-hybridized carbons (Fsp3) is 0.235. The molecule has 2 amide bonds. The third-order valence-electron chi connectivity index (χ3n) is 3.91. The Morgan fingerprint density at radius 2 is 1.96 bits per heavy atom. The van der Waals surface area contributed by atoms with Gasteiger partial charge in [-0.2, -0.15) is 5.10 Å². The Morgan fingerprint density at radius 1 is 1.15 bits per heavy atom. The summed E-state index contributed by atoms with van der Waals surface area (Å²) >= 11 is 1.24. The van der Waals surface area contributed by atoms with Crippen LogP contribution in [0.15, 0.2) is 24.4 Å². The van der Waals surface area contributed by atoms with Gasteiger partial charge in [0.25, 0.3) is 5.91 Å². The summed E-state index contributed by atoms with van der Waals surface area (Å²) < 4.78 is 0. The van der Waals surface area contributed by atoms with Crippen LogP contribution in [0.25, 0.3) is 10.6 Å². The summed E-state index contributed by atoms with van der Waals surface area (Å²) in [7, 11) is 0. The van der Waals surface area contributed by atoms with Crippen LogP contribution in [0.1, 0.15) is 27.2 Å². The maximum atomic E-state index is 12.1. The van der Waals surface area contributed by atoms with Crippen molar-refractivity contribution in [2.45, 2.75) is 20.8 Å². The van der Waals surface area contributed by atoms with E-state index in [0.29, 0.717) is 15.7 Å². The summed E-state index contributed by atoms with van der Waals surface area (Å²) in [4.78, 5) is 24.2. The number of carbonyl (C=O) groups excluding carboxylic acids is 2. The lowest BCUT2D eigenvalue weighted by Crippen LogP contribution is -2.32. The summed E-state index contributed by atoms with van der Waals surface area (Å²) in [5.41, 5.74) is 4.37. The van der Waals surface area contributed by atoms with Crippen LogP contribution in [0.2, 0.25) is 0 Å². The average Bonchev–Trinajstić information content (AvgIpc) is 3.23. The molecule has 2 heterocycles. The van der Waals surface area contributed by atoms with Crippen LogP contribution in [0.4, 0.5) is 5.13 Å². The largest absolute Gasteiger partial charge is 0.343 e. The van der Waals surface area contributed by atoms with Gasteiger partial charge in [0.2, 0.25) is 11.0 Å². The van der Waals surface area contributed by atoms with Crippen LogP contribution in [0.5, 0.6) is 0 Å². The van der Waals surface area contributed by atoms with Crippen LogP contribution < -0.4 is 10.6 Å². The number of hydrogen-bond donors (Lipinski definition) is 3. The first-order valence-electron chi connectivity index (χ1n) is 7.93. The number of carbonyl (C=O) groups is 2. The van der Waals surface area contributed by atoms with Gasteiger partial charge >= 0.3 is 0 Å². The molecule has 134 valence electrons. The number of nitrogens with zero attached hydrogens (tertiary/aromatic N) is 3. The number of benzene rings is 1. The number of aromatic nitrogens is 4. The third-order valence-corrected chi connectivity index (χ3v) is 4.78. The van der Waals surface area contributed by atoms with Gasteiger partial charge in [-0.05, 0) is 44.0 Å². The molecule has 0 atom stereocenters. The van der Waals surface area contributed by atoms with Gasteiger partial charge in [-0.1, -0.05) is 17.4 Å². The Kier molecular flexibility index (Phi) is 5.08. The molecule has 0 aliphatic carbocycles. The number of nitrogens with one attached hydrogen (secondary N) is 3. The lowest BCUT2D eigenvalue weighted by atomic mass is 10.1. The molecule has 0 saturated heterocycles. The summed E-state index contributed by atoms with van der Waals surface area (Å²) in [6.45, 7) is 5.65. The van der Waals surface area contributed by atoms with Gasteiger partial charge in [-0.25, -0.2) is 0 Å². The normalized spacial score (nSPS) is 10.6. The summed E-state index contributed by atoms with van der Waals surface area (Å²) in [6, 6.07) is 5.41. The maximum Gasteiger partial charge on any atom is 0.251 e. The SMILES string of the molecule is Cc1ccc(C(=O)NCC(=O)Nc2nnc(-c3cn[nH]c3C)s2)cc1C. The van der Waals surface area contributed by atoms with E-state index in [1.807, 2.05) is 26.8 Å². The molecular weight excluding hydrogens is 352 g/mol. The lowest BCUT2D eigenvalue weighted by molar-refractivity contribution is -0.115. The highest BCUT2D eigenvalue weighted by Crippen LogP contribution is 2.27. The maximum absolute atomic E-state index is 12.1. The van der Waals surface area contributed by atoms with E-state index in [4.69, 9.17) is 0 Å². The van der Waals surface area contributed by atoms with E-state index < -0.39 is 0 Å². The number of hydrogen-bond acceptors (Lipinski definition) is 6. The lowest BCUT2D eigenvalue weighted by Gasteiger charge is -2.07. The van der Waals surface area contributed by atoms with Gasteiger partial charge in [-0.3, -0.25) is 20.0 Å². The fourth-order valence-electron chi connectivity index (χ4n) is 2.26. The van der Waals surface area contributed by atoms with Crippen molar-refractivity contribution in [1.29, 1.82) is 0 Å². The van der Waals surface area contributed by atoms with Crippen LogP contribution in [0.3, 0.4) is 0 Å². The molecule has 9 heteroatoms. The highest BCUT2D eigenvalue weighted by Gasteiger charge is 2.13. The Bertz CT molecular complexity index is 962. The predicted molar refractivity (Wildman–Crippen MR) is 99.1 cm³/mol. The minimum Gasteiger partial charge on any atom is -0.343 e. The molecule has 0 fully saturated rings. The smallest absolute Gasteiger partial charge is 0.251 e. The van der Waals surface area contributed by atoms with Crippen molar-refractivity contribution in [3.63, 3.8) is 0 Å². The van der Waals surface area contributed by atoms with E-state index >= 15 is 0 Å². The molecule has 0 unspecified atom stereocenters. The fourth-order valence-corrected chi connectivity index (χ4v) is 3.08. The van der Waals surface area contributed by atoms with E-state index in [0.717, 1.165) is 22.4 Å². The number of H-pyrrole nitrogens is 1. The molecule has 3 aromatic rings. The zero-order valence-corrected chi connectivity index (χ0v) is 15.4. The summed E-state index contributed by atoms with van der Waals surface area (Å²) in [5.74, 6) is -0.663. The van der Waals surface area contributed by atoms with E-state index in [1.165, 1.54) is 11.3 Å². The van der Waals surface area contributed by atoms with E-state index in [9.17, 15) is 9.59 Å². The molecule has 3 rings (SSSR count). The Hall–Kier alpha value is -3.07. The van der Waals surface area contributed by atoms with Crippen LogP contribution >= 0.6 is 11.3 Å². The molecule has 3 N–H and O–H groups in total. The van der Waals surface area contributed by atoms with Gasteiger partial charge < -0.3 is 5.32 Å². The van der Waals surface area contributed by atoms with Crippen molar-refractivity contribution in [3.8, 4) is 10.6 Å². The van der Waals surface area contributed by atoms with Crippen LogP contribution in [-0.4, -0.2) is 38.8 Å². The van der Waals surface area contributed by atoms with Crippen molar-refractivity contribution < 1.29 is 9.59 Å². The second-order valence-electron chi connectivity index (χ2n) is 5.85. The molecule has 0 aliphatic heterocycles. The number of amides is 2. The number of aryl methyl sites for hydroxylation is 3. The van der Waals surface area contributed by atoms with E-state index in [-0.39, 0.29) is 18.4 Å². The number of anilines is 1. The zero-order valence-electron chi connectivity index (χ0n) is 14.6. The predicted octanol–water partition coefficient (Wildman–Crippen LogP) is 2.22. The topological polar surface area (TPSA) is 113 Å². The quantitative estimate of drug-likeness (QED) is 0.637. The van der Waals surface area contributed by atoms with Crippen molar-refractivity contribution in [2.24, 2.45) is 0 Å². The number of rotatable bonds is 5. The van der Waals surface area contributed by atoms with E-state index in [2.05, 4.69) is 31.0 Å². The van der Waals surface area contributed by atoms with Gasteiger partial charge in [-0.15, -0.1) is 10.2 Å². The van der Waals surface area contributed by atoms with Crippen LogP contribution in [-0.2, 0) is 4.79 Å². The molecule has 26 heavy (non-hydrogen) atoms. The molecule has 0 spiro atoms.